The van der Waals surface area contributed by atoms with Gasteiger partial charge in [-0.05, 0) is 103 Å². The van der Waals surface area contributed by atoms with Gasteiger partial charge in [-0.15, -0.1) is 0 Å². The first-order valence-corrected chi connectivity index (χ1v) is 16.8. The summed E-state index contributed by atoms with van der Waals surface area (Å²) < 4.78 is 43.9. The summed E-state index contributed by atoms with van der Waals surface area (Å²) in [5.74, 6) is 1.04. The average molecular weight is 635 g/mol. The van der Waals surface area contributed by atoms with Gasteiger partial charge in [0.15, 0.2) is 0 Å². The molecular formula is C34H30Cl2FN3O2S. The molecular weight excluding hydrogens is 604 g/mol. The van der Waals surface area contributed by atoms with Gasteiger partial charge in [-0.2, -0.15) is 4.31 Å². The predicted molar refractivity (Wildman–Crippen MR) is 169 cm³/mol. The van der Waals surface area contributed by atoms with Crippen LogP contribution in [0.2, 0.25) is 10.0 Å². The van der Waals surface area contributed by atoms with E-state index in [4.69, 9.17) is 28.2 Å². The van der Waals surface area contributed by atoms with E-state index < -0.39 is 15.8 Å². The molecule has 1 aliphatic carbocycles. The molecule has 2 fully saturated rings. The first kappa shape index (κ1) is 28.5. The molecule has 1 saturated heterocycles. The number of rotatable bonds is 7. The molecule has 5 aromatic rings. The number of hydrogen-bond acceptors (Lipinski definition) is 3. The maximum Gasteiger partial charge on any atom is 0.243 e. The molecule has 9 heteroatoms. The molecule has 1 aromatic heterocycles. The fourth-order valence-corrected chi connectivity index (χ4v) is 8.03. The van der Waals surface area contributed by atoms with Gasteiger partial charge in [-0.25, -0.2) is 17.8 Å². The van der Waals surface area contributed by atoms with Crippen molar-refractivity contribution >= 4 is 44.3 Å². The number of hydrogen-bond donors (Lipinski definition) is 0. The van der Waals surface area contributed by atoms with Gasteiger partial charge >= 0.3 is 0 Å². The monoisotopic (exact) mass is 633 g/mol. The molecule has 0 amide bonds. The van der Waals surface area contributed by atoms with Crippen molar-refractivity contribution in [2.45, 2.75) is 48.5 Å². The number of piperidine rings is 1. The van der Waals surface area contributed by atoms with Gasteiger partial charge in [-0.1, -0.05) is 53.5 Å². The highest BCUT2D eigenvalue weighted by Crippen LogP contribution is 2.44. The Hall–Kier alpha value is -3.23. The number of fused-ring (bicyclic) bond motifs is 1. The summed E-state index contributed by atoms with van der Waals surface area (Å²) in [5, 5.41) is 1.38. The lowest BCUT2D eigenvalue weighted by atomic mass is 9.85. The largest absolute Gasteiger partial charge is 0.325 e. The summed E-state index contributed by atoms with van der Waals surface area (Å²) in [6, 6.07) is 27.6. The van der Waals surface area contributed by atoms with Crippen LogP contribution < -0.4 is 0 Å². The average Bonchev–Trinajstić information content (AvgIpc) is 3.79. The summed E-state index contributed by atoms with van der Waals surface area (Å²) >= 11 is 12.5. The van der Waals surface area contributed by atoms with Gasteiger partial charge in [0.1, 0.15) is 11.6 Å². The van der Waals surface area contributed by atoms with E-state index in [2.05, 4.69) is 47.0 Å². The second-order valence-corrected chi connectivity index (χ2v) is 14.3. The lowest BCUT2D eigenvalue weighted by molar-refractivity contribution is 0.274. The lowest BCUT2D eigenvalue weighted by Crippen LogP contribution is -2.39. The van der Waals surface area contributed by atoms with E-state index in [1.54, 1.807) is 0 Å². The van der Waals surface area contributed by atoms with E-state index in [1.165, 1.54) is 28.6 Å². The summed E-state index contributed by atoms with van der Waals surface area (Å²) in [5.41, 5.74) is 5.42. The molecule has 1 saturated carbocycles. The van der Waals surface area contributed by atoms with Crippen LogP contribution in [0, 0.1) is 5.82 Å². The number of nitrogens with zero attached hydrogens (tertiary/aromatic N) is 3. The van der Waals surface area contributed by atoms with E-state index in [1.807, 2.05) is 24.3 Å². The van der Waals surface area contributed by atoms with Crippen molar-refractivity contribution in [3.05, 3.63) is 129 Å². The molecule has 2 heterocycles. The molecule has 1 aliphatic heterocycles. The van der Waals surface area contributed by atoms with E-state index in [-0.39, 0.29) is 16.9 Å². The number of sulfonamides is 1. The lowest BCUT2D eigenvalue weighted by Gasteiger charge is -2.33. The van der Waals surface area contributed by atoms with Gasteiger partial charge < -0.3 is 4.57 Å². The SMILES string of the molecule is O=S(=O)(c1ccc(F)cc1)N1CCC(n2c(C3CC3)nc3ccc(C(c4ccc(Cl)cc4)c4ccc(Cl)cc4)cc32)CC1. The Morgan fingerprint density at radius 2 is 1.30 bits per heavy atom. The molecule has 7 rings (SSSR count). The summed E-state index contributed by atoms with van der Waals surface area (Å²) in [6.07, 6.45) is 3.58. The number of aromatic nitrogens is 2. The van der Waals surface area contributed by atoms with Crippen LogP contribution in [0.1, 0.15) is 66.1 Å². The van der Waals surface area contributed by atoms with Crippen LogP contribution in [-0.2, 0) is 10.0 Å². The highest BCUT2D eigenvalue weighted by atomic mass is 35.5. The molecule has 0 radical (unpaired) electrons. The minimum Gasteiger partial charge on any atom is -0.325 e. The molecule has 5 nitrogen and oxygen atoms in total. The standard InChI is InChI=1S/C34H30Cl2FN3O2S/c35-26-8-3-22(4-9-26)33(23-5-10-27(36)11-6-23)25-7-16-31-32(21-25)40(34(38-31)24-1-2-24)29-17-19-39(20-18-29)43(41,42)30-14-12-28(37)13-15-30/h3-16,21,24,29,33H,1-2,17-20H2. The first-order valence-electron chi connectivity index (χ1n) is 14.6. The third-order valence-electron chi connectivity index (χ3n) is 8.66. The summed E-state index contributed by atoms with van der Waals surface area (Å²) in [6.45, 7) is 0.790. The fraction of sp³-hybridized carbons (Fsp3) is 0.265. The highest BCUT2D eigenvalue weighted by molar-refractivity contribution is 7.89. The van der Waals surface area contributed by atoms with E-state index in [9.17, 15) is 12.8 Å². The zero-order valence-electron chi connectivity index (χ0n) is 23.3. The topological polar surface area (TPSA) is 55.2 Å². The van der Waals surface area contributed by atoms with Gasteiger partial charge in [0.2, 0.25) is 10.0 Å². The van der Waals surface area contributed by atoms with Crippen LogP contribution in [-0.4, -0.2) is 35.4 Å². The van der Waals surface area contributed by atoms with Crippen LogP contribution >= 0.6 is 23.2 Å². The third-order valence-corrected chi connectivity index (χ3v) is 11.1. The molecule has 0 unspecified atom stereocenters. The second-order valence-electron chi connectivity index (χ2n) is 11.5. The van der Waals surface area contributed by atoms with Crippen molar-refractivity contribution in [1.29, 1.82) is 0 Å². The van der Waals surface area contributed by atoms with Crippen molar-refractivity contribution in [3.8, 4) is 0 Å². The molecule has 0 atom stereocenters. The number of halogens is 3. The van der Waals surface area contributed by atoms with Gasteiger partial charge in [0, 0.05) is 41.0 Å². The maximum atomic E-state index is 13.4. The Kier molecular flexibility index (Phi) is 7.54. The molecule has 4 aromatic carbocycles. The van der Waals surface area contributed by atoms with Gasteiger partial charge in [0.25, 0.3) is 0 Å². The number of imidazole rings is 1. The zero-order chi connectivity index (χ0) is 29.7. The van der Waals surface area contributed by atoms with Crippen molar-refractivity contribution in [3.63, 3.8) is 0 Å². The van der Waals surface area contributed by atoms with Crippen LogP contribution in [0.4, 0.5) is 4.39 Å². The molecule has 0 N–H and O–H groups in total. The van der Waals surface area contributed by atoms with Gasteiger partial charge in [0.05, 0.1) is 15.9 Å². The Morgan fingerprint density at radius 1 is 0.744 bits per heavy atom. The smallest absolute Gasteiger partial charge is 0.243 e. The van der Waals surface area contributed by atoms with E-state index in [0.29, 0.717) is 41.9 Å². The fourth-order valence-electron chi connectivity index (χ4n) is 6.31. The van der Waals surface area contributed by atoms with E-state index >= 15 is 0 Å². The van der Waals surface area contributed by atoms with Crippen LogP contribution in [0.3, 0.4) is 0 Å². The third kappa shape index (κ3) is 5.60. The number of benzene rings is 4. The summed E-state index contributed by atoms with van der Waals surface area (Å²) in [7, 11) is -3.69. The Bertz CT molecular complexity index is 1830. The highest BCUT2D eigenvalue weighted by Gasteiger charge is 2.35. The van der Waals surface area contributed by atoms with Crippen LogP contribution in [0.15, 0.2) is 95.9 Å². The second kappa shape index (κ2) is 11.4. The Labute approximate surface area is 260 Å². The van der Waals surface area contributed by atoms with Gasteiger partial charge in [-0.3, -0.25) is 0 Å². The van der Waals surface area contributed by atoms with Crippen molar-refractivity contribution in [2.75, 3.05) is 13.1 Å². The van der Waals surface area contributed by atoms with Crippen LogP contribution in [0.25, 0.3) is 11.0 Å². The summed E-state index contributed by atoms with van der Waals surface area (Å²) in [4.78, 5) is 5.23. The zero-order valence-corrected chi connectivity index (χ0v) is 25.7. The van der Waals surface area contributed by atoms with E-state index in [0.717, 1.165) is 46.4 Å². The molecule has 0 bridgehead atoms. The molecule has 2 aliphatic rings. The molecule has 220 valence electrons. The van der Waals surface area contributed by atoms with Crippen LogP contribution in [0.5, 0.6) is 0 Å². The first-order chi connectivity index (χ1) is 20.8. The Morgan fingerprint density at radius 3 is 1.86 bits per heavy atom. The Balaban J connectivity index is 1.25. The minimum absolute atomic E-state index is 0.0330. The van der Waals surface area contributed by atoms with Crippen molar-refractivity contribution in [2.24, 2.45) is 0 Å². The molecule has 43 heavy (non-hydrogen) atoms. The minimum atomic E-state index is -3.69. The van der Waals surface area contributed by atoms with Crippen molar-refractivity contribution in [1.82, 2.24) is 13.9 Å². The molecule has 0 spiro atoms. The van der Waals surface area contributed by atoms with Crippen molar-refractivity contribution < 1.29 is 12.8 Å². The normalized spacial score (nSPS) is 16.7. The predicted octanol–water partition coefficient (Wildman–Crippen LogP) is 8.57. The quantitative estimate of drug-likeness (QED) is 0.169. The maximum absolute atomic E-state index is 13.4.